The summed E-state index contributed by atoms with van der Waals surface area (Å²) >= 11 is 0. The summed E-state index contributed by atoms with van der Waals surface area (Å²) in [5.74, 6) is -1.74. The maximum Gasteiger partial charge on any atom is 0.303 e. The van der Waals surface area contributed by atoms with Crippen molar-refractivity contribution < 1.29 is 36.3 Å². The SMILES string of the molecule is O=C(O)CCCCC(=O)O.[Ni]. The van der Waals surface area contributed by atoms with Crippen molar-refractivity contribution in [1.82, 2.24) is 0 Å². The average molecular weight is 205 g/mol. The molecular weight excluding hydrogens is 195 g/mol. The Morgan fingerprint density at radius 1 is 0.909 bits per heavy atom. The van der Waals surface area contributed by atoms with Crippen molar-refractivity contribution in [2.75, 3.05) is 0 Å². The molecule has 0 aromatic rings. The Balaban J connectivity index is 0. The molecule has 4 nitrogen and oxygen atoms in total. The maximum atomic E-state index is 9.90. The summed E-state index contributed by atoms with van der Waals surface area (Å²) in [6, 6.07) is 0. The summed E-state index contributed by atoms with van der Waals surface area (Å²) in [5, 5.41) is 16.3. The molecule has 0 fully saturated rings. The van der Waals surface area contributed by atoms with Gasteiger partial charge >= 0.3 is 11.9 Å². The number of unbranched alkanes of at least 4 members (excludes halogenated alkanes) is 1. The average Bonchev–Trinajstić information content (AvgIpc) is 1.79. The van der Waals surface area contributed by atoms with Crippen molar-refractivity contribution in [3.63, 3.8) is 0 Å². The van der Waals surface area contributed by atoms with E-state index < -0.39 is 11.9 Å². The van der Waals surface area contributed by atoms with Gasteiger partial charge in [-0.2, -0.15) is 0 Å². The summed E-state index contributed by atoms with van der Waals surface area (Å²) in [5.41, 5.74) is 0. The van der Waals surface area contributed by atoms with E-state index in [1.807, 2.05) is 0 Å². The second-order valence-corrected chi connectivity index (χ2v) is 1.99. The van der Waals surface area contributed by atoms with Crippen LogP contribution >= 0.6 is 0 Å². The first kappa shape index (κ1) is 13.1. The zero-order valence-corrected chi connectivity index (χ0v) is 6.84. The van der Waals surface area contributed by atoms with Crippen molar-refractivity contribution in [3.8, 4) is 0 Å². The predicted molar refractivity (Wildman–Crippen MR) is 33.7 cm³/mol. The molecule has 0 saturated carbocycles. The zero-order chi connectivity index (χ0) is 7.98. The smallest absolute Gasteiger partial charge is 0.303 e. The second-order valence-electron chi connectivity index (χ2n) is 1.99. The Morgan fingerprint density at radius 3 is 1.36 bits per heavy atom. The molecule has 0 saturated heterocycles. The van der Waals surface area contributed by atoms with Crippen LogP contribution in [0.1, 0.15) is 25.7 Å². The van der Waals surface area contributed by atoms with Gasteiger partial charge in [0.1, 0.15) is 0 Å². The molecule has 0 amide bonds. The molecule has 0 aromatic carbocycles. The minimum atomic E-state index is -0.870. The predicted octanol–water partition coefficient (Wildman–Crippen LogP) is 0.714. The first-order valence-electron chi connectivity index (χ1n) is 3.06. The number of rotatable bonds is 5. The van der Waals surface area contributed by atoms with Crippen LogP contribution in [0.15, 0.2) is 0 Å². The molecule has 0 unspecified atom stereocenters. The fourth-order valence-corrected chi connectivity index (χ4v) is 0.552. The topological polar surface area (TPSA) is 74.6 Å². The Morgan fingerprint density at radius 2 is 1.18 bits per heavy atom. The second kappa shape index (κ2) is 7.54. The van der Waals surface area contributed by atoms with Crippen molar-refractivity contribution in [2.24, 2.45) is 0 Å². The fraction of sp³-hybridized carbons (Fsp3) is 0.667. The molecular formula is C6H10NiO4. The quantitative estimate of drug-likeness (QED) is 0.511. The molecule has 0 spiro atoms. The van der Waals surface area contributed by atoms with Crippen LogP contribution in [0.3, 0.4) is 0 Å². The molecule has 0 heterocycles. The van der Waals surface area contributed by atoms with Crippen LogP contribution < -0.4 is 0 Å². The summed E-state index contributed by atoms with van der Waals surface area (Å²) in [7, 11) is 0. The molecule has 11 heavy (non-hydrogen) atoms. The minimum absolute atomic E-state index is 0. The molecule has 0 aliphatic heterocycles. The number of carbonyl (C=O) groups is 2. The van der Waals surface area contributed by atoms with E-state index in [2.05, 4.69) is 0 Å². The van der Waals surface area contributed by atoms with Crippen LogP contribution in [0.4, 0.5) is 0 Å². The van der Waals surface area contributed by atoms with Crippen LogP contribution in [0.5, 0.6) is 0 Å². The molecule has 5 heteroatoms. The molecule has 0 rings (SSSR count). The zero-order valence-electron chi connectivity index (χ0n) is 5.86. The van der Waals surface area contributed by atoms with E-state index in [0.29, 0.717) is 12.8 Å². The summed E-state index contributed by atoms with van der Waals surface area (Å²) in [4.78, 5) is 19.8. The summed E-state index contributed by atoms with van der Waals surface area (Å²) in [6.45, 7) is 0. The van der Waals surface area contributed by atoms with Gasteiger partial charge in [0.05, 0.1) is 0 Å². The van der Waals surface area contributed by atoms with E-state index in [1.165, 1.54) is 0 Å². The molecule has 2 N–H and O–H groups in total. The maximum absolute atomic E-state index is 9.90. The van der Waals surface area contributed by atoms with Gasteiger partial charge in [-0.3, -0.25) is 9.59 Å². The Bertz CT molecular complexity index is 119. The molecule has 0 atom stereocenters. The van der Waals surface area contributed by atoms with E-state index in [4.69, 9.17) is 10.2 Å². The van der Waals surface area contributed by atoms with Crippen molar-refractivity contribution in [1.29, 1.82) is 0 Å². The van der Waals surface area contributed by atoms with Gasteiger partial charge in [-0.25, -0.2) is 0 Å². The summed E-state index contributed by atoms with van der Waals surface area (Å²) in [6.07, 6.45) is 1.02. The fourth-order valence-electron chi connectivity index (χ4n) is 0.552. The van der Waals surface area contributed by atoms with Gasteiger partial charge in [-0.05, 0) is 12.8 Å². The van der Waals surface area contributed by atoms with Gasteiger partial charge in [-0.1, -0.05) is 0 Å². The van der Waals surface area contributed by atoms with Gasteiger partial charge in [0.2, 0.25) is 0 Å². The van der Waals surface area contributed by atoms with Crippen molar-refractivity contribution >= 4 is 11.9 Å². The number of aliphatic carboxylic acids is 2. The van der Waals surface area contributed by atoms with Gasteiger partial charge in [-0.15, -0.1) is 0 Å². The van der Waals surface area contributed by atoms with Crippen LogP contribution in [-0.2, 0) is 26.1 Å². The molecule has 0 bridgehead atoms. The van der Waals surface area contributed by atoms with Crippen molar-refractivity contribution in [2.45, 2.75) is 25.7 Å². The van der Waals surface area contributed by atoms with Crippen LogP contribution in [0.25, 0.3) is 0 Å². The number of hydrogen-bond acceptors (Lipinski definition) is 2. The third kappa shape index (κ3) is 12.6. The van der Waals surface area contributed by atoms with Crippen LogP contribution in [0, 0.1) is 0 Å². The molecule has 0 radical (unpaired) electrons. The number of carboxylic acids is 2. The monoisotopic (exact) mass is 204 g/mol. The van der Waals surface area contributed by atoms with E-state index in [0.717, 1.165) is 0 Å². The molecule has 68 valence electrons. The third-order valence-electron chi connectivity index (χ3n) is 1.03. The minimum Gasteiger partial charge on any atom is -0.481 e. The normalized spacial score (nSPS) is 8.36. The van der Waals surface area contributed by atoms with Crippen molar-refractivity contribution in [3.05, 3.63) is 0 Å². The first-order chi connectivity index (χ1) is 4.63. The Hall–Kier alpha value is -0.566. The number of carboxylic acid groups (broad SMARTS) is 2. The Labute approximate surface area is 74.5 Å². The first-order valence-corrected chi connectivity index (χ1v) is 3.06. The van der Waals surface area contributed by atoms with Gasteiger partial charge < -0.3 is 10.2 Å². The van der Waals surface area contributed by atoms with E-state index >= 15 is 0 Å². The van der Waals surface area contributed by atoms with Gasteiger partial charge in [0.25, 0.3) is 0 Å². The molecule has 0 aromatic heterocycles. The third-order valence-corrected chi connectivity index (χ3v) is 1.03. The molecule has 0 aliphatic carbocycles. The van der Waals surface area contributed by atoms with E-state index in [9.17, 15) is 9.59 Å². The van der Waals surface area contributed by atoms with Crippen LogP contribution in [0.2, 0.25) is 0 Å². The standard InChI is InChI=1S/C6H10O4.Ni/c7-5(8)3-1-2-4-6(9)10;/h1-4H2,(H,7,8)(H,9,10);. The molecule has 0 aliphatic rings. The Kier molecular flexibility index (Phi) is 8.95. The van der Waals surface area contributed by atoms with E-state index in [1.54, 1.807) is 0 Å². The summed E-state index contributed by atoms with van der Waals surface area (Å²) < 4.78 is 0. The largest absolute Gasteiger partial charge is 0.481 e. The van der Waals surface area contributed by atoms with E-state index in [-0.39, 0.29) is 29.3 Å². The van der Waals surface area contributed by atoms with Gasteiger partial charge in [0.15, 0.2) is 0 Å². The van der Waals surface area contributed by atoms with Crippen LogP contribution in [-0.4, -0.2) is 22.2 Å². The van der Waals surface area contributed by atoms with Gasteiger partial charge in [0, 0.05) is 29.3 Å². The number of hydrogen-bond donors (Lipinski definition) is 2.